The predicted octanol–water partition coefficient (Wildman–Crippen LogP) is 1.83. The van der Waals surface area contributed by atoms with E-state index in [1.165, 1.54) is 12.1 Å². The Hall–Kier alpha value is -2.09. The summed E-state index contributed by atoms with van der Waals surface area (Å²) in [6.07, 6.45) is 0. The van der Waals surface area contributed by atoms with Crippen molar-refractivity contribution in [2.75, 3.05) is 0 Å². The van der Waals surface area contributed by atoms with E-state index in [1.54, 1.807) is 36.4 Å². The van der Waals surface area contributed by atoms with E-state index in [9.17, 15) is 13.4 Å². The number of benzene rings is 2. The molecule has 5 nitrogen and oxygen atoms in total. The Bertz CT molecular complexity index is 866. The number of rotatable bonds is 4. The Kier molecular flexibility index (Phi) is 3.78. The quantitative estimate of drug-likeness (QED) is 0.743. The summed E-state index contributed by atoms with van der Waals surface area (Å²) < 4.78 is 34.4. The zero-order valence-electron chi connectivity index (χ0n) is 11.8. The predicted molar refractivity (Wildman–Crippen MR) is 83.3 cm³/mol. The lowest BCUT2D eigenvalue weighted by Crippen LogP contribution is -2.34. The maximum absolute atomic E-state index is 12.1. The molecule has 0 saturated carbocycles. The third-order valence-electron chi connectivity index (χ3n) is 3.22. The molecule has 1 aromatic heterocycles. The number of hydrogen-bond acceptors (Lipinski definition) is 5. The van der Waals surface area contributed by atoms with Gasteiger partial charge in [-0.2, -0.15) is 8.42 Å². The van der Waals surface area contributed by atoms with E-state index in [-0.39, 0.29) is 10.6 Å². The summed E-state index contributed by atoms with van der Waals surface area (Å²) in [4.78, 5) is -0.0201. The summed E-state index contributed by atoms with van der Waals surface area (Å²) in [5.41, 5.74) is 1.52. The van der Waals surface area contributed by atoms with Gasteiger partial charge in [-0.15, -0.1) is 0 Å². The third-order valence-corrected chi connectivity index (χ3v) is 4.50. The summed E-state index contributed by atoms with van der Waals surface area (Å²) in [5, 5.41) is 10.7. The van der Waals surface area contributed by atoms with Gasteiger partial charge >= 0.3 is 7.12 Å². The first-order valence-corrected chi connectivity index (χ1v) is 8.03. The summed E-state index contributed by atoms with van der Waals surface area (Å²) in [7, 11) is -5.77. The van der Waals surface area contributed by atoms with Crippen LogP contribution in [-0.2, 0) is 14.2 Å². The van der Waals surface area contributed by atoms with Gasteiger partial charge in [0.1, 0.15) is 11.2 Å². The minimum absolute atomic E-state index is 0.0201. The van der Waals surface area contributed by atoms with Gasteiger partial charge in [0.25, 0.3) is 10.1 Å². The first-order valence-electron chi connectivity index (χ1n) is 6.62. The number of hydrogen-bond donors (Lipinski definition) is 1. The van der Waals surface area contributed by atoms with Crippen molar-refractivity contribution in [2.45, 2.75) is 11.8 Å². The second-order valence-corrected chi connectivity index (χ2v) is 6.47. The van der Waals surface area contributed by atoms with Crippen molar-refractivity contribution in [3.05, 3.63) is 60.2 Å². The molecule has 0 aliphatic carbocycles. The molecule has 0 aliphatic rings. The second-order valence-electron chi connectivity index (χ2n) is 4.90. The molecule has 3 rings (SSSR count). The van der Waals surface area contributed by atoms with Gasteiger partial charge in [-0.3, -0.25) is 4.10 Å². The Morgan fingerprint density at radius 3 is 2.45 bits per heavy atom. The zero-order valence-corrected chi connectivity index (χ0v) is 12.6. The maximum atomic E-state index is 12.1. The SMILES string of the molecule is Cc1ccc(S(=O)(=O)OB(O)c2cc3ccccc3o2)cc1. The van der Waals surface area contributed by atoms with Crippen molar-refractivity contribution in [1.29, 1.82) is 0 Å². The molecule has 2 aromatic carbocycles. The minimum atomic E-state index is -4.07. The Labute approximate surface area is 128 Å². The van der Waals surface area contributed by atoms with Gasteiger partial charge in [-0.05, 0) is 31.2 Å². The van der Waals surface area contributed by atoms with Crippen molar-refractivity contribution >= 4 is 33.9 Å². The molecule has 0 amide bonds. The van der Waals surface area contributed by atoms with Gasteiger partial charge in [0.15, 0.2) is 0 Å². The molecule has 7 heteroatoms. The molecule has 0 bridgehead atoms. The first kappa shape index (κ1) is 14.8. The van der Waals surface area contributed by atoms with Gasteiger partial charge in [0.2, 0.25) is 0 Å². The van der Waals surface area contributed by atoms with E-state index in [1.807, 2.05) is 13.0 Å². The number of aryl methyl sites for hydroxylation is 1. The van der Waals surface area contributed by atoms with E-state index in [0.717, 1.165) is 10.9 Å². The summed E-state index contributed by atoms with van der Waals surface area (Å²) in [6.45, 7) is 1.85. The highest BCUT2D eigenvalue weighted by molar-refractivity contribution is 7.87. The molecule has 1 heterocycles. The average molecular weight is 316 g/mol. The van der Waals surface area contributed by atoms with Crippen molar-refractivity contribution in [3.63, 3.8) is 0 Å². The highest BCUT2D eigenvalue weighted by Crippen LogP contribution is 2.16. The maximum Gasteiger partial charge on any atom is 0.544 e. The van der Waals surface area contributed by atoms with Crippen LogP contribution in [0.25, 0.3) is 11.0 Å². The molecule has 0 atom stereocenters. The lowest BCUT2D eigenvalue weighted by atomic mass is 9.88. The number of furan rings is 1. The van der Waals surface area contributed by atoms with Gasteiger partial charge in [0, 0.05) is 5.39 Å². The third kappa shape index (κ3) is 2.92. The zero-order chi connectivity index (χ0) is 15.7. The van der Waals surface area contributed by atoms with Crippen LogP contribution in [-0.4, -0.2) is 20.6 Å². The van der Waals surface area contributed by atoms with Gasteiger partial charge < -0.3 is 9.44 Å². The molecule has 0 spiro atoms. The van der Waals surface area contributed by atoms with Crippen LogP contribution < -0.4 is 5.66 Å². The Morgan fingerprint density at radius 2 is 1.77 bits per heavy atom. The minimum Gasteiger partial charge on any atom is -0.465 e. The number of para-hydroxylation sites is 1. The van der Waals surface area contributed by atoms with Crippen molar-refractivity contribution in [1.82, 2.24) is 0 Å². The first-order chi connectivity index (χ1) is 10.5. The van der Waals surface area contributed by atoms with Crippen LogP contribution >= 0.6 is 0 Å². The van der Waals surface area contributed by atoms with Gasteiger partial charge in [-0.1, -0.05) is 35.9 Å². The van der Waals surface area contributed by atoms with Crippen molar-refractivity contribution in [2.24, 2.45) is 0 Å². The van der Waals surface area contributed by atoms with Crippen molar-refractivity contribution < 1.29 is 22.0 Å². The molecule has 1 N–H and O–H groups in total. The fraction of sp³-hybridized carbons (Fsp3) is 0.0667. The van der Waals surface area contributed by atoms with Crippen LogP contribution in [0.15, 0.2) is 63.9 Å². The molecule has 0 fully saturated rings. The van der Waals surface area contributed by atoms with Crippen LogP contribution in [0.3, 0.4) is 0 Å². The summed E-state index contributed by atoms with van der Waals surface area (Å²) in [6, 6.07) is 14.8. The monoisotopic (exact) mass is 316 g/mol. The highest BCUT2D eigenvalue weighted by Gasteiger charge is 2.29. The fourth-order valence-electron chi connectivity index (χ4n) is 2.05. The Morgan fingerprint density at radius 1 is 1.09 bits per heavy atom. The van der Waals surface area contributed by atoms with E-state index in [0.29, 0.717) is 5.58 Å². The standard InChI is InChI=1S/C15H13BO5S/c1-11-6-8-13(9-7-11)22(18,19)21-16(17)15-10-12-4-2-3-5-14(12)20-15/h2-10,17H,1H3. The lowest BCUT2D eigenvalue weighted by molar-refractivity contribution is 0.409. The summed E-state index contributed by atoms with van der Waals surface area (Å²) >= 11 is 0. The normalized spacial score (nSPS) is 11.7. The van der Waals surface area contributed by atoms with Gasteiger partial charge in [-0.25, -0.2) is 0 Å². The topological polar surface area (TPSA) is 76.7 Å². The second kappa shape index (κ2) is 5.60. The average Bonchev–Trinajstić information content (AvgIpc) is 2.91. The smallest absolute Gasteiger partial charge is 0.465 e. The van der Waals surface area contributed by atoms with Crippen LogP contribution in [0.4, 0.5) is 0 Å². The molecule has 0 radical (unpaired) electrons. The lowest BCUT2D eigenvalue weighted by Gasteiger charge is -2.07. The number of fused-ring (bicyclic) bond motifs is 1. The van der Waals surface area contributed by atoms with Crippen LogP contribution in [0.1, 0.15) is 5.56 Å². The van der Waals surface area contributed by atoms with Crippen LogP contribution in [0.2, 0.25) is 0 Å². The molecule has 112 valence electrons. The molecule has 0 aliphatic heterocycles. The van der Waals surface area contributed by atoms with E-state index in [2.05, 4.69) is 0 Å². The van der Waals surface area contributed by atoms with Gasteiger partial charge in [0.05, 0.1) is 4.90 Å². The molecule has 0 saturated heterocycles. The molecular formula is C15H13BO5S. The van der Waals surface area contributed by atoms with E-state index < -0.39 is 17.2 Å². The van der Waals surface area contributed by atoms with Crippen LogP contribution in [0, 0.1) is 6.92 Å². The Balaban J connectivity index is 1.86. The molecule has 22 heavy (non-hydrogen) atoms. The van der Waals surface area contributed by atoms with Crippen molar-refractivity contribution in [3.8, 4) is 0 Å². The van der Waals surface area contributed by atoms with E-state index >= 15 is 0 Å². The highest BCUT2D eigenvalue weighted by atomic mass is 32.2. The molecule has 3 aromatic rings. The fourth-order valence-corrected chi connectivity index (χ4v) is 2.97. The largest absolute Gasteiger partial charge is 0.544 e. The molecular weight excluding hydrogens is 303 g/mol. The van der Waals surface area contributed by atoms with E-state index in [4.69, 9.17) is 8.52 Å². The molecule has 0 unspecified atom stereocenters. The summed E-state index contributed by atoms with van der Waals surface area (Å²) in [5.74, 6) is 0. The van der Waals surface area contributed by atoms with Crippen LogP contribution in [0.5, 0.6) is 0 Å².